The van der Waals surface area contributed by atoms with Gasteiger partial charge in [0.2, 0.25) is 0 Å². The van der Waals surface area contributed by atoms with Crippen LogP contribution >= 0.6 is 34.8 Å². The Morgan fingerprint density at radius 1 is 0.818 bits per heavy atom. The van der Waals surface area contributed by atoms with Gasteiger partial charge in [0.1, 0.15) is 10.7 Å². The molecule has 0 spiro atoms. The number of carbonyl (C=O) groups is 3. The van der Waals surface area contributed by atoms with Crippen LogP contribution in [-0.2, 0) is 9.59 Å². The van der Waals surface area contributed by atoms with E-state index in [-0.39, 0.29) is 32.4 Å². The number of halogens is 3. The summed E-state index contributed by atoms with van der Waals surface area (Å²) in [5.41, 5.74) is 2.63. The van der Waals surface area contributed by atoms with Crippen LogP contribution in [0.2, 0.25) is 10.0 Å². The summed E-state index contributed by atoms with van der Waals surface area (Å²) in [5.74, 6) is -1.68. The van der Waals surface area contributed by atoms with Crippen LogP contribution in [0.4, 0.5) is 17.1 Å². The fourth-order valence-electron chi connectivity index (χ4n) is 3.19. The molecular formula is C24H16Cl3N3O3. The van der Waals surface area contributed by atoms with E-state index in [1.165, 1.54) is 18.2 Å². The van der Waals surface area contributed by atoms with Crippen molar-refractivity contribution in [3.05, 3.63) is 98.6 Å². The highest BCUT2D eigenvalue weighted by atomic mass is 35.5. The number of benzene rings is 3. The molecule has 0 saturated carbocycles. The number of aryl methyl sites for hydroxylation is 1. The van der Waals surface area contributed by atoms with E-state index >= 15 is 0 Å². The van der Waals surface area contributed by atoms with Gasteiger partial charge in [-0.15, -0.1) is 0 Å². The molecule has 0 atom stereocenters. The van der Waals surface area contributed by atoms with E-state index in [9.17, 15) is 14.4 Å². The summed E-state index contributed by atoms with van der Waals surface area (Å²) in [6, 6.07) is 18.3. The van der Waals surface area contributed by atoms with E-state index in [2.05, 4.69) is 10.6 Å². The van der Waals surface area contributed by atoms with E-state index in [1.807, 2.05) is 19.1 Å². The van der Waals surface area contributed by atoms with Gasteiger partial charge in [0.05, 0.1) is 15.7 Å². The van der Waals surface area contributed by atoms with Gasteiger partial charge in [-0.3, -0.25) is 14.4 Å². The predicted octanol–water partition coefficient (Wildman–Crippen LogP) is 5.99. The maximum atomic E-state index is 13.0. The van der Waals surface area contributed by atoms with Crippen molar-refractivity contribution in [1.82, 2.24) is 0 Å². The molecule has 9 heteroatoms. The lowest BCUT2D eigenvalue weighted by Gasteiger charge is -2.16. The van der Waals surface area contributed by atoms with E-state index < -0.39 is 11.8 Å². The van der Waals surface area contributed by atoms with Gasteiger partial charge in [-0.2, -0.15) is 0 Å². The highest BCUT2D eigenvalue weighted by molar-refractivity contribution is 6.53. The number of rotatable bonds is 5. The molecular weight excluding hydrogens is 485 g/mol. The van der Waals surface area contributed by atoms with E-state index in [1.54, 1.807) is 36.4 Å². The molecule has 3 aromatic rings. The summed E-state index contributed by atoms with van der Waals surface area (Å²) in [6.07, 6.45) is 0. The smallest absolute Gasteiger partial charge is 0.283 e. The first-order valence-electron chi connectivity index (χ1n) is 9.73. The molecule has 1 heterocycles. The minimum atomic E-state index is -0.698. The molecule has 0 unspecified atom stereocenters. The Labute approximate surface area is 204 Å². The third kappa shape index (κ3) is 4.73. The van der Waals surface area contributed by atoms with Crippen LogP contribution < -0.4 is 15.5 Å². The zero-order valence-electron chi connectivity index (χ0n) is 17.2. The lowest BCUT2D eigenvalue weighted by molar-refractivity contribution is -0.120. The first kappa shape index (κ1) is 22.9. The number of carbonyl (C=O) groups excluding carboxylic acids is 3. The quantitative estimate of drug-likeness (QED) is 0.422. The van der Waals surface area contributed by atoms with Gasteiger partial charge in [-0.1, -0.05) is 58.6 Å². The Morgan fingerprint density at radius 3 is 2.24 bits per heavy atom. The first-order chi connectivity index (χ1) is 15.7. The van der Waals surface area contributed by atoms with Crippen molar-refractivity contribution in [1.29, 1.82) is 0 Å². The normalized spacial score (nSPS) is 13.5. The first-order valence-corrected chi connectivity index (χ1v) is 10.9. The molecule has 1 aliphatic heterocycles. The summed E-state index contributed by atoms with van der Waals surface area (Å²) < 4.78 is 0. The van der Waals surface area contributed by atoms with Gasteiger partial charge < -0.3 is 10.6 Å². The molecule has 6 nitrogen and oxygen atoms in total. The molecule has 0 aromatic heterocycles. The van der Waals surface area contributed by atoms with Crippen molar-refractivity contribution in [3.8, 4) is 0 Å². The predicted molar refractivity (Wildman–Crippen MR) is 131 cm³/mol. The molecule has 0 fully saturated rings. The topological polar surface area (TPSA) is 78.5 Å². The summed E-state index contributed by atoms with van der Waals surface area (Å²) in [4.78, 5) is 39.1. The third-order valence-corrected chi connectivity index (χ3v) is 5.98. The fraction of sp³-hybridized carbons (Fsp3) is 0.0417. The van der Waals surface area contributed by atoms with Crippen molar-refractivity contribution < 1.29 is 14.4 Å². The molecule has 3 aromatic carbocycles. The molecule has 2 N–H and O–H groups in total. The Morgan fingerprint density at radius 2 is 1.55 bits per heavy atom. The van der Waals surface area contributed by atoms with Gasteiger partial charge in [-0.25, -0.2) is 4.90 Å². The second-order valence-electron chi connectivity index (χ2n) is 7.26. The van der Waals surface area contributed by atoms with Crippen molar-refractivity contribution in [2.75, 3.05) is 15.5 Å². The van der Waals surface area contributed by atoms with Gasteiger partial charge in [0.15, 0.2) is 0 Å². The number of nitrogens with zero attached hydrogens (tertiary/aromatic N) is 1. The molecule has 4 rings (SSSR count). The molecule has 0 radical (unpaired) electrons. The Bertz CT molecular complexity index is 1320. The fourth-order valence-corrected chi connectivity index (χ4v) is 3.70. The van der Waals surface area contributed by atoms with Gasteiger partial charge in [0.25, 0.3) is 17.7 Å². The second-order valence-corrected chi connectivity index (χ2v) is 8.45. The molecule has 33 heavy (non-hydrogen) atoms. The maximum Gasteiger partial charge on any atom is 0.283 e. The highest BCUT2D eigenvalue weighted by Gasteiger charge is 2.39. The van der Waals surface area contributed by atoms with Crippen LogP contribution in [0, 0.1) is 6.92 Å². The van der Waals surface area contributed by atoms with Crippen LogP contribution in [0.25, 0.3) is 0 Å². The van der Waals surface area contributed by atoms with E-state index in [4.69, 9.17) is 34.8 Å². The molecule has 166 valence electrons. The summed E-state index contributed by atoms with van der Waals surface area (Å²) in [6.45, 7) is 1.96. The number of amides is 3. The summed E-state index contributed by atoms with van der Waals surface area (Å²) in [7, 11) is 0. The maximum absolute atomic E-state index is 13.0. The molecule has 3 amide bonds. The number of anilines is 3. The zero-order valence-corrected chi connectivity index (χ0v) is 19.4. The molecule has 0 aliphatic carbocycles. The number of nitrogens with one attached hydrogen (secondary N) is 2. The Hall–Kier alpha value is -3.32. The minimum Gasteiger partial charge on any atom is -0.350 e. The van der Waals surface area contributed by atoms with Gasteiger partial charge in [-0.05, 0) is 55.5 Å². The lowest BCUT2D eigenvalue weighted by atomic mass is 10.1. The summed E-state index contributed by atoms with van der Waals surface area (Å²) in [5, 5.41) is 5.88. The SMILES string of the molecule is Cc1ccc(NC(=O)c2cccc(NC3=C(Cl)C(=O)N(c4ccc(Cl)c(Cl)c4)C3=O)c2)cc1. The van der Waals surface area contributed by atoms with Crippen LogP contribution in [0.15, 0.2) is 77.5 Å². The van der Waals surface area contributed by atoms with E-state index in [0.717, 1.165) is 10.5 Å². The second kappa shape index (κ2) is 9.27. The van der Waals surface area contributed by atoms with Crippen LogP contribution in [0.3, 0.4) is 0 Å². The largest absolute Gasteiger partial charge is 0.350 e. The van der Waals surface area contributed by atoms with E-state index in [0.29, 0.717) is 16.9 Å². The highest BCUT2D eigenvalue weighted by Crippen LogP contribution is 2.33. The van der Waals surface area contributed by atoms with Crippen LogP contribution in [-0.4, -0.2) is 17.7 Å². The third-order valence-electron chi connectivity index (χ3n) is 4.89. The average molecular weight is 501 g/mol. The molecule has 1 aliphatic rings. The Kier molecular flexibility index (Phi) is 6.42. The van der Waals surface area contributed by atoms with Crippen molar-refractivity contribution >= 4 is 69.6 Å². The molecule has 0 bridgehead atoms. The zero-order chi connectivity index (χ0) is 23.7. The Balaban J connectivity index is 1.54. The number of imide groups is 1. The van der Waals surface area contributed by atoms with Gasteiger partial charge >= 0.3 is 0 Å². The van der Waals surface area contributed by atoms with Crippen LogP contribution in [0.5, 0.6) is 0 Å². The average Bonchev–Trinajstić information content (AvgIpc) is 3.00. The van der Waals surface area contributed by atoms with Crippen LogP contribution in [0.1, 0.15) is 15.9 Å². The number of hydrogen-bond acceptors (Lipinski definition) is 4. The van der Waals surface area contributed by atoms with Gasteiger partial charge in [0, 0.05) is 16.9 Å². The monoisotopic (exact) mass is 499 g/mol. The summed E-state index contributed by atoms with van der Waals surface area (Å²) >= 11 is 18.1. The lowest BCUT2D eigenvalue weighted by Crippen LogP contribution is -2.32. The standard InChI is InChI=1S/C24H16Cl3N3O3/c1-13-5-7-15(8-6-13)29-22(31)14-3-2-4-16(11-14)28-21-20(27)23(32)30(24(21)33)17-9-10-18(25)19(26)12-17/h2-12,28H,1H3,(H,29,31). The van der Waals surface area contributed by atoms with Crippen molar-refractivity contribution in [2.24, 2.45) is 0 Å². The minimum absolute atomic E-state index is 0.108. The van der Waals surface area contributed by atoms with Crippen molar-refractivity contribution in [3.63, 3.8) is 0 Å². The number of hydrogen-bond donors (Lipinski definition) is 2. The van der Waals surface area contributed by atoms with Crippen molar-refractivity contribution in [2.45, 2.75) is 6.92 Å². The molecule has 0 saturated heterocycles.